The number of hydrogen-bond acceptors (Lipinski definition) is 3. The number of anilines is 1. The first kappa shape index (κ1) is 13.4. The van der Waals surface area contributed by atoms with Crippen LogP contribution in [0.15, 0.2) is 24.3 Å². The lowest BCUT2D eigenvalue weighted by molar-refractivity contribution is 0.0541. The van der Waals surface area contributed by atoms with Crippen LogP contribution in [-0.2, 0) is 11.2 Å². The fourth-order valence-electron chi connectivity index (χ4n) is 1.30. The number of benzene rings is 1. The van der Waals surface area contributed by atoms with Crippen LogP contribution in [0.25, 0.3) is 0 Å². The summed E-state index contributed by atoms with van der Waals surface area (Å²) in [6, 6.07) is 7.85. The molecule has 0 heterocycles. The van der Waals surface area contributed by atoms with Gasteiger partial charge in [-0.25, -0.2) is 10.2 Å². The summed E-state index contributed by atoms with van der Waals surface area (Å²) in [7, 11) is 0. The van der Waals surface area contributed by atoms with Crippen LogP contribution < -0.4 is 10.9 Å². The van der Waals surface area contributed by atoms with E-state index in [2.05, 4.69) is 17.8 Å². The monoisotopic (exact) mass is 236 g/mol. The fraction of sp³-hybridized carbons (Fsp3) is 0.462. The summed E-state index contributed by atoms with van der Waals surface area (Å²) in [6.45, 7) is 7.55. The molecule has 0 aliphatic carbocycles. The molecule has 0 atom stereocenters. The van der Waals surface area contributed by atoms with Crippen molar-refractivity contribution in [3.8, 4) is 0 Å². The molecule has 94 valence electrons. The van der Waals surface area contributed by atoms with E-state index in [1.54, 1.807) is 0 Å². The SMILES string of the molecule is CCc1cccc(NNC(=O)OC(C)(C)C)c1. The minimum atomic E-state index is -0.489. The molecule has 17 heavy (non-hydrogen) atoms. The number of aryl methyl sites for hydroxylation is 1. The van der Waals surface area contributed by atoms with Crippen molar-refractivity contribution in [1.82, 2.24) is 5.43 Å². The number of hydrogen-bond donors (Lipinski definition) is 2. The lowest BCUT2D eigenvalue weighted by Gasteiger charge is -2.20. The molecule has 0 radical (unpaired) electrons. The Labute approximate surface area is 102 Å². The highest BCUT2D eigenvalue weighted by Gasteiger charge is 2.15. The Balaban J connectivity index is 2.47. The van der Waals surface area contributed by atoms with E-state index in [1.165, 1.54) is 5.56 Å². The first-order valence-corrected chi connectivity index (χ1v) is 5.74. The highest BCUT2D eigenvalue weighted by Crippen LogP contribution is 2.10. The van der Waals surface area contributed by atoms with Crippen LogP contribution in [0.2, 0.25) is 0 Å². The second-order valence-corrected chi connectivity index (χ2v) is 4.81. The van der Waals surface area contributed by atoms with Crippen molar-refractivity contribution in [3.05, 3.63) is 29.8 Å². The third kappa shape index (κ3) is 5.24. The van der Waals surface area contributed by atoms with E-state index in [0.29, 0.717) is 0 Å². The van der Waals surface area contributed by atoms with Gasteiger partial charge in [0.15, 0.2) is 0 Å². The normalized spacial score (nSPS) is 10.8. The van der Waals surface area contributed by atoms with Crippen molar-refractivity contribution in [2.24, 2.45) is 0 Å². The standard InChI is InChI=1S/C13H20N2O2/c1-5-10-7-6-8-11(9-10)14-15-12(16)17-13(2,3)4/h6-9,14H,5H2,1-4H3,(H,15,16). The van der Waals surface area contributed by atoms with E-state index < -0.39 is 11.7 Å². The summed E-state index contributed by atoms with van der Waals surface area (Å²) in [5.74, 6) is 0. The Bertz CT molecular complexity index is 383. The number of carbonyl (C=O) groups is 1. The molecule has 4 nitrogen and oxygen atoms in total. The third-order valence-electron chi connectivity index (χ3n) is 2.04. The predicted molar refractivity (Wildman–Crippen MR) is 68.8 cm³/mol. The van der Waals surface area contributed by atoms with Crippen LogP contribution in [0.4, 0.5) is 10.5 Å². The minimum Gasteiger partial charge on any atom is -0.443 e. The lowest BCUT2D eigenvalue weighted by Crippen LogP contribution is -2.35. The Kier molecular flexibility index (Phi) is 4.37. The zero-order valence-corrected chi connectivity index (χ0v) is 10.8. The highest BCUT2D eigenvalue weighted by atomic mass is 16.6. The van der Waals surface area contributed by atoms with Crippen LogP contribution in [0, 0.1) is 0 Å². The Morgan fingerprint density at radius 2 is 2.06 bits per heavy atom. The van der Waals surface area contributed by atoms with Gasteiger partial charge in [-0.1, -0.05) is 19.1 Å². The molecule has 0 bridgehead atoms. The predicted octanol–water partition coefficient (Wildman–Crippen LogP) is 3.10. The zero-order chi connectivity index (χ0) is 12.9. The Hall–Kier alpha value is -1.71. The molecule has 0 aromatic heterocycles. The smallest absolute Gasteiger partial charge is 0.426 e. The van der Waals surface area contributed by atoms with Gasteiger partial charge < -0.3 is 4.74 Å². The van der Waals surface area contributed by atoms with Crippen molar-refractivity contribution >= 4 is 11.8 Å². The van der Waals surface area contributed by atoms with Gasteiger partial charge in [0, 0.05) is 0 Å². The number of amides is 1. The van der Waals surface area contributed by atoms with Gasteiger partial charge >= 0.3 is 6.09 Å². The summed E-state index contributed by atoms with van der Waals surface area (Å²) in [6.07, 6.45) is 0.474. The molecule has 2 N–H and O–H groups in total. The van der Waals surface area contributed by atoms with Gasteiger partial charge in [0.2, 0.25) is 0 Å². The first-order chi connectivity index (χ1) is 7.90. The summed E-state index contributed by atoms with van der Waals surface area (Å²) < 4.78 is 5.10. The number of ether oxygens (including phenoxy) is 1. The second-order valence-electron chi connectivity index (χ2n) is 4.81. The first-order valence-electron chi connectivity index (χ1n) is 5.74. The lowest BCUT2D eigenvalue weighted by atomic mass is 10.1. The van der Waals surface area contributed by atoms with E-state index in [-0.39, 0.29) is 0 Å². The van der Waals surface area contributed by atoms with Crippen LogP contribution >= 0.6 is 0 Å². The Morgan fingerprint density at radius 1 is 1.35 bits per heavy atom. The average molecular weight is 236 g/mol. The molecule has 1 amide bonds. The van der Waals surface area contributed by atoms with Crippen LogP contribution in [0.1, 0.15) is 33.3 Å². The van der Waals surface area contributed by atoms with Crippen molar-refractivity contribution in [3.63, 3.8) is 0 Å². The van der Waals surface area contributed by atoms with E-state index in [1.807, 2.05) is 45.0 Å². The molecule has 0 unspecified atom stereocenters. The fourth-order valence-corrected chi connectivity index (χ4v) is 1.30. The minimum absolute atomic E-state index is 0.487. The average Bonchev–Trinajstić information content (AvgIpc) is 2.24. The van der Waals surface area contributed by atoms with Gasteiger partial charge in [-0.05, 0) is 44.9 Å². The largest absolute Gasteiger partial charge is 0.443 e. The van der Waals surface area contributed by atoms with E-state index >= 15 is 0 Å². The van der Waals surface area contributed by atoms with Gasteiger partial charge in [0.1, 0.15) is 5.60 Å². The molecule has 1 aromatic carbocycles. The molecule has 1 rings (SSSR count). The molecule has 0 saturated carbocycles. The maximum Gasteiger partial charge on any atom is 0.426 e. The summed E-state index contributed by atoms with van der Waals surface area (Å²) in [4.78, 5) is 11.4. The van der Waals surface area contributed by atoms with Crippen LogP contribution in [0.3, 0.4) is 0 Å². The third-order valence-corrected chi connectivity index (χ3v) is 2.04. The topological polar surface area (TPSA) is 50.4 Å². The molecule has 0 spiro atoms. The molecule has 0 saturated heterocycles. The van der Waals surface area contributed by atoms with Gasteiger partial charge in [0.05, 0.1) is 5.69 Å². The van der Waals surface area contributed by atoms with E-state index in [4.69, 9.17) is 4.74 Å². The number of hydrazine groups is 1. The van der Waals surface area contributed by atoms with Crippen molar-refractivity contribution in [2.75, 3.05) is 5.43 Å². The molecular weight excluding hydrogens is 216 g/mol. The zero-order valence-electron chi connectivity index (χ0n) is 10.8. The van der Waals surface area contributed by atoms with Crippen LogP contribution in [0.5, 0.6) is 0 Å². The second kappa shape index (κ2) is 5.57. The molecule has 1 aromatic rings. The van der Waals surface area contributed by atoms with Crippen molar-refractivity contribution < 1.29 is 9.53 Å². The number of carbonyl (C=O) groups excluding carboxylic acids is 1. The maximum absolute atomic E-state index is 11.4. The number of rotatable bonds is 3. The quantitative estimate of drug-likeness (QED) is 0.793. The summed E-state index contributed by atoms with van der Waals surface area (Å²) >= 11 is 0. The van der Waals surface area contributed by atoms with Crippen molar-refractivity contribution in [1.29, 1.82) is 0 Å². The Morgan fingerprint density at radius 3 is 2.65 bits per heavy atom. The maximum atomic E-state index is 11.4. The highest BCUT2D eigenvalue weighted by molar-refractivity contribution is 5.69. The van der Waals surface area contributed by atoms with Gasteiger partial charge in [-0.3, -0.25) is 5.43 Å². The van der Waals surface area contributed by atoms with E-state index in [9.17, 15) is 4.79 Å². The molecule has 0 aliphatic rings. The molecule has 0 fully saturated rings. The van der Waals surface area contributed by atoms with Crippen LogP contribution in [-0.4, -0.2) is 11.7 Å². The van der Waals surface area contributed by atoms with E-state index in [0.717, 1.165) is 12.1 Å². The van der Waals surface area contributed by atoms with Gasteiger partial charge in [0.25, 0.3) is 0 Å². The van der Waals surface area contributed by atoms with Gasteiger partial charge in [-0.15, -0.1) is 0 Å². The summed E-state index contributed by atoms with van der Waals surface area (Å²) in [5.41, 5.74) is 6.88. The van der Waals surface area contributed by atoms with Gasteiger partial charge in [-0.2, -0.15) is 0 Å². The molecular formula is C13H20N2O2. The number of nitrogens with one attached hydrogen (secondary N) is 2. The van der Waals surface area contributed by atoms with Crippen molar-refractivity contribution in [2.45, 2.75) is 39.7 Å². The summed E-state index contributed by atoms with van der Waals surface area (Å²) in [5, 5.41) is 0. The molecule has 4 heteroatoms. The molecule has 0 aliphatic heterocycles.